The molecule has 2 heterocycles. The van der Waals surface area contributed by atoms with E-state index in [9.17, 15) is 14.7 Å². The van der Waals surface area contributed by atoms with Gasteiger partial charge in [0.05, 0.1) is 0 Å². The van der Waals surface area contributed by atoms with E-state index in [1.807, 2.05) is 6.92 Å². The third-order valence-corrected chi connectivity index (χ3v) is 5.54. The Kier molecular flexibility index (Phi) is 3.29. The van der Waals surface area contributed by atoms with Crippen LogP contribution in [0.3, 0.4) is 0 Å². The zero-order chi connectivity index (χ0) is 12.7. The van der Waals surface area contributed by atoms with Gasteiger partial charge in [-0.05, 0) is 6.42 Å². The van der Waals surface area contributed by atoms with Gasteiger partial charge < -0.3 is 0 Å². The van der Waals surface area contributed by atoms with Gasteiger partial charge in [-0.1, -0.05) is 13.8 Å². The molecule has 2 atom stereocenters. The van der Waals surface area contributed by atoms with E-state index in [0.29, 0.717) is 13.0 Å². The van der Waals surface area contributed by atoms with Crippen molar-refractivity contribution in [2.75, 3.05) is 19.8 Å². The van der Waals surface area contributed by atoms with Crippen LogP contribution >= 0.6 is 7.75 Å². The Balaban J connectivity index is 2.02. The van der Waals surface area contributed by atoms with Crippen LogP contribution in [0.2, 0.25) is 0 Å². The van der Waals surface area contributed by atoms with E-state index < -0.39 is 18.2 Å². The fourth-order valence-electron chi connectivity index (χ4n) is 1.88. The number of hydrogen-bond donors (Lipinski definition) is 0. The largest absolute Gasteiger partial charge is 0.409 e. The Hall–Kier alpha value is -0.490. The molecule has 7 nitrogen and oxygen atoms in total. The molecule has 2 unspecified atom stereocenters. The summed E-state index contributed by atoms with van der Waals surface area (Å²) in [6, 6.07) is 0.227. The van der Waals surface area contributed by atoms with Crippen LogP contribution < -0.4 is 0 Å². The molecule has 0 aromatic heterocycles. The average Bonchev–Trinajstić information content (AvgIpc) is 3.10. The van der Waals surface area contributed by atoms with Crippen molar-refractivity contribution in [2.24, 2.45) is 0 Å². The van der Waals surface area contributed by atoms with Gasteiger partial charge in [0.1, 0.15) is 13.2 Å². The maximum absolute atomic E-state index is 12.2. The molecule has 0 aliphatic carbocycles. The van der Waals surface area contributed by atoms with Crippen LogP contribution in [-0.4, -0.2) is 40.9 Å². The molecular weight excluding hydrogens is 247 g/mol. The second-order valence-electron chi connectivity index (χ2n) is 4.53. The highest BCUT2D eigenvalue weighted by Gasteiger charge is 2.57. The predicted molar refractivity (Wildman–Crippen MR) is 60.3 cm³/mol. The minimum Gasteiger partial charge on any atom is -0.289 e. The van der Waals surface area contributed by atoms with Crippen LogP contribution in [-0.2, 0) is 13.6 Å². The molecular formula is C9H17N2O5P. The van der Waals surface area contributed by atoms with E-state index in [-0.39, 0.29) is 19.3 Å². The Bertz CT molecular complexity index is 362. The molecule has 0 saturated carbocycles. The zero-order valence-electron chi connectivity index (χ0n) is 10.00. The van der Waals surface area contributed by atoms with E-state index in [1.54, 1.807) is 11.6 Å². The second kappa shape index (κ2) is 4.31. The summed E-state index contributed by atoms with van der Waals surface area (Å²) in [7, 11) is -3.25. The second-order valence-corrected chi connectivity index (χ2v) is 6.50. The lowest BCUT2D eigenvalue weighted by molar-refractivity contribution is -0.578. The maximum Gasteiger partial charge on any atom is 0.409 e. The van der Waals surface area contributed by atoms with Gasteiger partial charge >= 0.3 is 7.75 Å². The predicted octanol–water partition coefficient (Wildman–Crippen LogP) is 1.66. The quantitative estimate of drug-likeness (QED) is 0.332. The van der Waals surface area contributed by atoms with Gasteiger partial charge in [0.25, 0.3) is 5.54 Å². The van der Waals surface area contributed by atoms with Crippen molar-refractivity contribution in [3.63, 3.8) is 0 Å². The maximum atomic E-state index is 12.2. The fourth-order valence-corrected chi connectivity index (χ4v) is 4.01. The number of nitro groups is 1. The lowest BCUT2D eigenvalue weighted by Gasteiger charge is -2.32. The molecule has 2 fully saturated rings. The number of rotatable bonds is 4. The zero-order valence-corrected chi connectivity index (χ0v) is 10.9. The molecule has 98 valence electrons. The molecule has 2 saturated heterocycles. The summed E-state index contributed by atoms with van der Waals surface area (Å²) in [6.45, 7) is 4.11. The number of nitrogens with zero attached hydrogens (tertiary/aromatic N) is 2. The van der Waals surface area contributed by atoms with E-state index in [2.05, 4.69) is 0 Å². The average molecular weight is 264 g/mol. The highest BCUT2D eigenvalue weighted by atomic mass is 31.2. The van der Waals surface area contributed by atoms with Crippen molar-refractivity contribution in [3.05, 3.63) is 10.1 Å². The summed E-state index contributed by atoms with van der Waals surface area (Å²) in [5, 5.41) is 11.0. The SMILES string of the molecule is CCC1CN1P1(=O)OCC(CC)([N+](=O)[O-])CO1. The third-order valence-electron chi connectivity index (χ3n) is 3.51. The Morgan fingerprint density at radius 3 is 2.41 bits per heavy atom. The molecule has 2 aliphatic heterocycles. The lowest BCUT2D eigenvalue weighted by atomic mass is 10.0. The Labute approximate surface area is 99.8 Å². The Morgan fingerprint density at radius 2 is 2.06 bits per heavy atom. The van der Waals surface area contributed by atoms with Crippen molar-refractivity contribution >= 4 is 7.75 Å². The van der Waals surface area contributed by atoms with Crippen LogP contribution in [0.25, 0.3) is 0 Å². The molecule has 17 heavy (non-hydrogen) atoms. The van der Waals surface area contributed by atoms with Crippen molar-refractivity contribution in [1.82, 2.24) is 4.67 Å². The first kappa shape index (κ1) is 13.0. The van der Waals surface area contributed by atoms with Gasteiger partial charge in [0, 0.05) is 23.9 Å². The van der Waals surface area contributed by atoms with Crippen LogP contribution in [0, 0.1) is 10.1 Å². The molecule has 0 amide bonds. The van der Waals surface area contributed by atoms with Crippen molar-refractivity contribution in [3.8, 4) is 0 Å². The summed E-state index contributed by atoms with van der Waals surface area (Å²) >= 11 is 0. The van der Waals surface area contributed by atoms with Crippen LogP contribution in [0.1, 0.15) is 26.7 Å². The topological polar surface area (TPSA) is 81.7 Å². The first-order valence-electron chi connectivity index (χ1n) is 5.78. The first-order chi connectivity index (χ1) is 7.97. The first-order valence-corrected chi connectivity index (χ1v) is 7.28. The van der Waals surface area contributed by atoms with Gasteiger partial charge in [0.15, 0.2) is 0 Å². The van der Waals surface area contributed by atoms with Gasteiger partial charge in [0.2, 0.25) is 0 Å². The van der Waals surface area contributed by atoms with E-state index in [4.69, 9.17) is 9.05 Å². The molecule has 2 rings (SSSR count). The third kappa shape index (κ3) is 2.12. The summed E-state index contributed by atoms with van der Waals surface area (Å²) < 4.78 is 24.3. The van der Waals surface area contributed by atoms with Crippen molar-refractivity contribution in [1.29, 1.82) is 0 Å². The molecule has 0 aromatic rings. The van der Waals surface area contributed by atoms with Gasteiger partial charge in [-0.15, -0.1) is 0 Å². The fraction of sp³-hybridized carbons (Fsp3) is 1.00. The number of hydrogen-bond acceptors (Lipinski definition) is 5. The summed E-state index contributed by atoms with van der Waals surface area (Å²) in [5.74, 6) is 0. The summed E-state index contributed by atoms with van der Waals surface area (Å²) in [5.41, 5.74) is -1.24. The molecule has 0 aromatic carbocycles. The highest BCUT2D eigenvalue weighted by Crippen LogP contribution is 2.61. The highest BCUT2D eigenvalue weighted by molar-refractivity contribution is 7.51. The molecule has 0 N–H and O–H groups in total. The molecule has 0 bridgehead atoms. The lowest BCUT2D eigenvalue weighted by Crippen LogP contribution is -2.49. The molecule has 0 radical (unpaired) electrons. The van der Waals surface area contributed by atoms with Crippen molar-refractivity contribution < 1.29 is 18.5 Å². The standard InChI is InChI=1S/C9H17N2O5P/c1-3-8-5-10(8)17(14)15-6-9(4-2,7-16-17)11(12)13/h8H,3-7H2,1-2H3. The monoisotopic (exact) mass is 264 g/mol. The van der Waals surface area contributed by atoms with Crippen molar-refractivity contribution in [2.45, 2.75) is 38.3 Å². The Morgan fingerprint density at radius 1 is 1.47 bits per heavy atom. The van der Waals surface area contributed by atoms with Crippen LogP contribution in [0.15, 0.2) is 0 Å². The van der Waals surface area contributed by atoms with Gasteiger partial charge in [-0.2, -0.15) is 0 Å². The van der Waals surface area contributed by atoms with Gasteiger partial charge in [-0.25, -0.2) is 9.24 Å². The van der Waals surface area contributed by atoms with E-state index >= 15 is 0 Å². The minimum atomic E-state index is -3.25. The molecule has 0 spiro atoms. The van der Waals surface area contributed by atoms with Crippen LogP contribution in [0.5, 0.6) is 0 Å². The minimum absolute atomic E-state index is 0.138. The van der Waals surface area contributed by atoms with E-state index in [0.717, 1.165) is 6.42 Å². The molecule has 8 heteroatoms. The van der Waals surface area contributed by atoms with Crippen LogP contribution in [0.4, 0.5) is 0 Å². The summed E-state index contributed by atoms with van der Waals surface area (Å²) in [6.07, 6.45) is 1.18. The van der Waals surface area contributed by atoms with E-state index in [1.165, 1.54) is 0 Å². The smallest absolute Gasteiger partial charge is 0.289 e. The molecule has 2 aliphatic rings. The van der Waals surface area contributed by atoms with Gasteiger partial charge in [-0.3, -0.25) is 19.2 Å². The normalized spacial score (nSPS) is 45.5. The summed E-state index contributed by atoms with van der Waals surface area (Å²) in [4.78, 5) is 10.6.